The number of hydrogen-bond acceptors (Lipinski definition) is 4. The summed E-state index contributed by atoms with van der Waals surface area (Å²) in [5, 5.41) is 9.66. The van der Waals surface area contributed by atoms with Gasteiger partial charge in [0, 0.05) is 0 Å². The summed E-state index contributed by atoms with van der Waals surface area (Å²) >= 11 is 0. The molecule has 1 heterocycles. The summed E-state index contributed by atoms with van der Waals surface area (Å²) < 4.78 is 78.4. The van der Waals surface area contributed by atoms with Crippen molar-refractivity contribution in [3.05, 3.63) is 41.2 Å². The highest BCUT2D eigenvalue weighted by Crippen LogP contribution is 2.36. The first-order valence-electron chi connectivity index (χ1n) is 8.03. The first-order chi connectivity index (χ1) is 12.8. The summed E-state index contributed by atoms with van der Waals surface area (Å²) in [6.07, 6.45) is -8.82. The molecule has 0 spiro atoms. The molecule has 0 fully saturated rings. The van der Waals surface area contributed by atoms with Crippen LogP contribution >= 0.6 is 0 Å². The molecule has 3 N–H and O–H groups in total. The minimum Gasteiger partial charge on any atom is -0.349 e. The number of carbonyl (C=O) groups is 1. The van der Waals surface area contributed by atoms with Gasteiger partial charge in [-0.15, -0.1) is 5.10 Å². The van der Waals surface area contributed by atoms with Crippen molar-refractivity contribution in [2.45, 2.75) is 38.8 Å². The maximum Gasteiger partial charge on any atom is 0.416 e. The van der Waals surface area contributed by atoms with Crippen LogP contribution in [0.2, 0.25) is 0 Å². The molecule has 0 bridgehead atoms. The standard InChI is InChI=1S/C16H17F6N5O/c1-8(2)13(23)14(28)24-6-11-7-27(26-25-11)12-4-9(15(17,18)19)3-10(5-12)16(20,21)22/h3-5,7-8,13H,6,23H2,1-2H3,(H,24,28)/t13-/m1/s1. The molecule has 0 aliphatic heterocycles. The lowest BCUT2D eigenvalue weighted by Crippen LogP contribution is -2.43. The minimum atomic E-state index is -4.97. The van der Waals surface area contributed by atoms with Gasteiger partial charge >= 0.3 is 12.4 Å². The molecular formula is C16H17F6N5O. The van der Waals surface area contributed by atoms with Crippen LogP contribution in [0, 0.1) is 5.92 Å². The number of halogens is 6. The lowest BCUT2D eigenvalue weighted by atomic mass is 10.1. The molecule has 154 valence electrons. The number of alkyl halides is 6. The summed E-state index contributed by atoms with van der Waals surface area (Å²) in [4.78, 5) is 11.8. The van der Waals surface area contributed by atoms with Crippen LogP contribution in [-0.4, -0.2) is 26.9 Å². The molecule has 2 aromatic rings. The van der Waals surface area contributed by atoms with Crippen molar-refractivity contribution < 1.29 is 31.1 Å². The average Bonchev–Trinajstić information content (AvgIpc) is 3.06. The molecule has 0 saturated heterocycles. The van der Waals surface area contributed by atoms with E-state index >= 15 is 0 Å². The highest BCUT2D eigenvalue weighted by atomic mass is 19.4. The van der Waals surface area contributed by atoms with Gasteiger partial charge < -0.3 is 11.1 Å². The van der Waals surface area contributed by atoms with Crippen molar-refractivity contribution in [1.82, 2.24) is 20.3 Å². The van der Waals surface area contributed by atoms with Crippen LogP contribution in [0.4, 0.5) is 26.3 Å². The molecule has 6 nitrogen and oxygen atoms in total. The fourth-order valence-corrected chi connectivity index (χ4v) is 2.17. The van der Waals surface area contributed by atoms with Crippen LogP contribution in [0.15, 0.2) is 24.4 Å². The summed E-state index contributed by atoms with van der Waals surface area (Å²) in [5.41, 5.74) is 2.40. The molecule has 12 heteroatoms. The quantitative estimate of drug-likeness (QED) is 0.744. The van der Waals surface area contributed by atoms with E-state index in [1.807, 2.05) is 0 Å². The van der Waals surface area contributed by atoms with Crippen LogP contribution < -0.4 is 11.1 Å². The number of carbonyl (C=O) groups excluding carboxylic acids is 1. The molecule has 2 rings (SSSR count). The summed E-state index contributed by atoms with van der Waals surface area (Å²) in [5.74, 6) is -0.593. The average molecular weight is 409 g/mol. The Morgan fingerprint density at radius 2 is 1.64 bits per heavy atom. The van der Waals surface area contributed by atoms with Crippen molar-refractivity contribution in [1.29, 1.82) is 0 Å². The van der Waals surface area contributed by atoms with E-state index in [0.29, 0.717) is 12.1 Å². The Balaban J connectivity index is 2.28. The zero-order valence-electron chi connectivity index (χ0n) is 14.8. The van der Waals surface area contributed by atoms with Crippen molar-refractivity contribution in [2.24, 2.45) is 11.7 Å². The fraction of sp³-hybridized carbons (Fsp3) is 0.438. The van der Waals surface area contributed by atoms with Gasteiger partial charge in [-0.1, -0.05) is 19.1 Å². The van der Waals surface area contributed by atoms with Crippen molar-refractivity contribution in [3.63, 3.8) is 0 Å². The number of benzene rings is 1. The molecular weight excluding hydrogens is 392 g/mol. The highest BCUT2D eigenvalue weighted by molar-refractivity contribution is 5.81. The second-order valence-corrected chi connectivity index (χ2v) is 6.41. The monoisotopic (exact) mass is 409 g/mol. The van der Waals surface area contributed by atoms with Crippen LogP contribution in [0.1, 0.15) is 30.7 Å². The van der Waals surface area contributed by atoms with Crippen LogP contribution in [0.5, 0.6) is 0 Å². The van der Waals surface area contributed by atoms with Gasteiger partial charge in [-0.25, -0.2) is 4.68 Å². The largest absolute Gasteiger partial charge is 0.416 e. The lowest BCUT2D eigenvalue weighted by molar-refractivity contribution is -0.143. The number of nitrogens with one attached hydrogen (secondary N) is 1. The molecule has 1 aromatic carbocycles. The van der Waals surface area contributed by atoms with E-state index in [-0.39, 0.29) is 24.2 Å². The molecule has 1 atom stereocenters. The van der Waals surface area contributed by atoms with E-state index in [1.54, 1.807) is 13.8 Å². The van der Waals surface area contributed by atoms with Crippen LogP contribution in [0.3, 0.4) is 0 Å². The van der Waals surface area contributed by atoms with Gasteiger partial charge in [-0.05, 0) is 24.1 Å². The molecule has 0 unspecified atom stereocenters. The number of nitrogens with two attached hydrogens (primary N) is 1. The SMILES string of the molecule is CC(C)[C@@H](N)C(=O)NCc1cn(-c2cc(C(F)(F)F)cc(C(F)(F)F)c2)nn1. The predicted octanol–water partition coefficient (Wildman–Crippen LogP) is 2.90. The van der Waals surface area contributed by atoms with Gasteiger partial charge in [0.15, 0.2) is 0 Å². The lowest BCUT2D eigenvalue weighted by Gasteiger charge is -2.14. The molecule has 0 aliphatic carbocycles. The fourth-order valence-electron chi connectivity index (χ4n) is 2.17. The van der Waals surface area contributed by atoms with Gasteiger partial charge in [-0.2, -0.15) is 26.3 Å². The smallest absolute Gasteiger partial charge is 0.349 e. The Kier molecular flexibility index (Phi) is 6.02. The second kappa shape index (κ2) is 7.78. The van der Waals surface area contributed by atoms with E-state index in [9.17, 15) is 31.1 Å². The molecule has 1 aromatic heterocycles. The Morgan fingerprint density at radius 3 is 2.11 bits per heavy atom. The van der Waals surface area contributed by atoms with Crippen molar-refractivity contribution in [2.75, 3.05) is 0 Å². The van der Waals surface area contributed by atoms with Crippen LogP contribution in [-0.2, 0) is 23.7 Å². The predicted molar refractivity (Wildman–Crippen MR) is 86.0 cm³/mol. The topological polar surface area (TPSA) is 85.8 Å². The summed E-state index contributed by atoms with van der Waals surface area (Å²) in [7, 11) is 0. The Labute approximate surface area is 155 Å². The summed E-state index contributed by atoms with van der Waals surface area (Å²) in [6.45, 7) is 3.35. The van der Waals surface area contributed by atoms with E-state index in [1.165, 1.54) is 0 Å². The highest BCUT2D eigenvalue weighted by Gasteiger charge is 2.37. The molecule has 1 amide bonds. The third kappa shape index (κ3) is 5.21. The second-order valence-electron chi connectivity index (χ2n) is 6.41. The Morgan fingerprint density at radius 1 is 1.11 bits per heavy atom. The van der Waals surface area contributed by atoms with Gasteiger partial charge in [-0.3, -0.25) is 4.79 Å². The number of nitrogens with zero attached hydrogens (tertiary/aromatic N) is 3. The van der Waals surface area contributed by atoms with E-state index in [4.69, 9.17) is 5.73 Å². The maximum absolute atomic E-state index is 12.9. The van der Waals surface area contributed by atoms with E-state index in [2.05, 4.69) is 15.6 Å². The van der Waals surface area contributed by atoms with Crippen LogP contribution in [0.25, 0.3) is 5.69 Å². The number of rotatable bonds is 5. The minimum absolute atomic E-state index is 0.0227. The number of amides is 1. The van der Waals surface area contributed by atoms with E-state index < -0.39 is 41.1 Å². The van der Waals surface area contributed by atoms with Gasteiger partial charge in [0.25, 0.3) is 0 Å². The molecule has 0 saturated carbocycles. The van der Waals surface area contributed by atoms with Gasteiger partial charge in [0.2, 0.25) is 5.91 Å². The van der Waals surface area contributed by atoms with Gasteiger partial charge in [0.05, 0.1) is 35.6 Å². The van der Waals surface area contributed by atoms with Gasteiger partial charge in [0.1, 0.15) is 5.69 Å². The maximum atomic E-state index is 12.9. The zero-order chi connectivity index (χ0) is 21.3. The van der Waals surface area contributed by atoms with E-state index in [0.717, 1.165) is 10.9 Å². The molecule has 28 heavy (non-hydrogen) atoms. The third-order valence-corrected chi connectivity index (χ3v) is 3.84. The van der Waals surface area contributed by atoms with Crippen molar-refractivity contribution in [3.8, 4) is 5.69 Å². The normalized spacial score (nSPS) is 13.6. The zero-order valence-corrected chi connectivity index (χ0v) is 14.8. The molecule has 0 aliphatic rings. The number of aromatic nitrogens is 3. The first-order valence-corrected chi connectivity index (χ1v) is 8.03. The Hall–Kier alpha value is -2.63. The molecule has 0 radical (unpaired) electrons. The number of hydrogen-bond donors (Lipinski definition) is 2. The Bertz CT molecular complexity index is 811. The third-order valence-electron chi connectivity index (χ3n) is 3.84. The first kappa shape index (κ1) is 21.7. The summed E-state index contributed by atoms with van der Waals surface area (Å²) in [6, 6.07) is 0.310. The van der Waals surface area contributed by atoms with Crippen molar-refractivity contribution >= 4 is 5.91 Å².